The first-order valence-electron chi connectivity index (χ1n) is 11.2. The first kappa shape index (κ1) is 24.4. The molecule has 0 aliphatic carbocycles. The second-order valence-electron chi connectivity index (χ2n) is 8.44. The molecule has 184 valence electrons. The van der Waals surface area contributed by atoms with Gasteiger partial charge in [-0.1, -0.05) is 6.08 Å². The maximum Gasteiger partial charge on any atom is 0.416 e. The van der Waals surface area contributed by atoms with Crippen LogP contribution in [0.4, 0.5) is 19.0 Å². The Balaban J connectivity index is 1.40. The van der Waals surface area contributed by atoms with Gasteiger partial charge in [-0.3, -0.25) is 9.69 Å². The lowest BCUT2D eigenvalue weighted by molar-refractivity contribution is -0.137. The fraction of sp³-hybridized carbons (Fsp3) is 0.522. The molecule has 0 saturated carbocycles. The van der Waals surface area contributed by atoms with E-state index in [2.05, 4.69) is 32.1 Å². The van der Waals surface area contributed by atoms with Gasteiger partial charge < -0.3 is 20.1 Å². The molecule has 0 radical (unpaired) electrons. The Morgan fingerprint density at radius 1 is 1.26 bits per heavy atom. The fourth-order valence-corrected chi connectivity index (χ4v) is 4.45. The molecule has 2 fully saturated rings. The summed E-state index contributed by atoms with van der Waals surface area (Å²) in [5, 5.41) is 6.06. The quantitative estimate of drug-likeness (QED) is 0.563. The SMILES string of the molecule is C=CCOC1CN(C2CCOCC2)C[C@@H]1NC(=O)CNc1ncnc2ccc(C(F)(F)F)cc12. The van der Waals surface area contributed by atoms with Gasteiger partial charge in [-0.15, -0.1) is 6.58 Å². The lowest BCUT2D eigenvalue weighted by Crippen LogP contribution is -2.46. The number of likely N-dealkylation sites (tertiary alicyclic amines) is 1. The van der Waals surface area contributed by atoms with E-state index >= 15 is 0 Å². The standard InChI is InChI=1S/C23H28F3N5O3/c1-2-7-34-20-13-31(16-5-8-33-9-6-16)12-19(20)30-21(32)11-27-22-17-10-15(23(24,25)26)3-4-18(17)28-14-29-22/h2-4,10,14,16,19-20H,1,5-9,11-13H2,(H,30,32)(H,27,28,29)/t19-,20?/m0/s1. The predicted octanol–water partition coefficient (Wildman–Crippen LogP) is 2.61. The van der Waals surface area contributed by atoms with Crippen LogP contribution >= 0.6 is 0 Å². The maximum atomic E-state index is 13.1. The number of hydrogen-bond acceptors (Lipinski definition) is 7. The van der Waals surface area contributed by atoms with Crippen LogP contribution in [0.5, 0.6) is 0 Å². The summed E-state index contributed by atoms with van der Waals surface area (Å²) in [4.78, 5) is 23.1. The lowest BCUT2D eigenvalue weighted by atomic mass is 10.1. The number of fused-ring (bicyclic) bond motifs is 1. The molecule has 34 heavy (non-hydrogen) atoms. The molecular weight excluding hydrogens is 451 g/mol. The van der Waals surface area contributed by atoms with Gasteiger partial charge in [0.05, 0.1) is 36.4 Å². The molecule has 8 nitrogen and oxygen atoms in total. The van der Waals surface area contributed by atoms with Crippen molar-refractivity contribution >= 4 is 22.6 Å². The number of rotatable bonds is 8. The molecule has 2 atom stereocenters. The van der Waals surface area contributed by atoms with Crippen LogP contribution in [0.15, 0.2) is 37.2 Å². The zero-order valence-electron chi connectivity index (χ0n) is 18.7. The molecule has 3 heterocycles. The van der Waals surface area contributed by atoms with E-state index in [0.29, 0.717) is 31.3 Å². The Hall–Kier alpha value is -2.76. The van der Waals surface area contributed by atoms with Gasteiger partial charge in [0.25, 0.3) is 0 Å². The van der Waals surface area contributed by atoms with Crippen molar-refractivity contribution in [2.45, 2.75) is 37.2 Å². The third-order valence-electron chi connectivity index (χ3n) is 6.16. The Morgan fingerprint density at radius 3 is 2.79 bits per heavy atom. The smallest absolute Gasteiger partial charge is 0.381 e. The lowest BCUT2D eigenvalue weighted by Gasteiger charge is -2.30. The number of amides is 1. The number of alkyl halides is 3. The van der Waals surface area contributed by atoms with Gasteiger partial charge in [-0.2, -0.15) is 13.2 Å². The Labute approximate surface area is 195 Å². The minimum absolute atomic E-state index is 0.149. The summed E-state index contributed by atoms with van der Waals surface area (Å²) in [6, 6.07) is 3.42. The molecule has 2 aromatic rings. The average Bonchev–Trinajstić information content (AvgIpc) is 3.23. The molecular formula is C23H28F3N5O3. The normalized spacial score (nSPS) is 22.1. The van der Waals surface area contributed by atoms with E-state index < -0.39 is 11.7 Å². The third-order valence-corrected chi connectivity index (χ3v) is 6.16. The second-order valence-corrected chi connectivity index (χ2v) is 8.44. The highest BCUT2D eigenvalue weighted by molar-refractivity contribution is 5.91. The van der Waals surface area contributed by atoms with Gasteiger partial charge in [0.1, 0.15) is 12.1 Å². The van der Waals surface area contributed by atoms with Crippen LogP contribution in [0.3, 0.4) is 0 Å². The minimum atomic E-state index is -4.49. The topological polar surface area (TPSA) is 88.6 Å². The van der Waals surface area contributed by atoms with Crippen molar-refractivity contribution in [2.75, 3.05) is 44.8 Å². The van der Waals surface area contributed by atoms with Gasteiger partial charge in [-0.25, -0.2) is 9.97 Å². The summed E-state index contributed by atoms with van der Waals surface area (Å²) in [5.41, 5.74) is -0.449. The number of carbonyl (C=O) groups is 1. The number of carbonyl (C=O) groups excluding carboxylic acids is 1. The van der Waals surface area contributed by atoms with E-state index in [1.54, 1.807) is 6.08 Å². The van der Waals surface area contributed by atoms with Crippen molar-refractivity contribution in [3.05, 3.63) is 42.7 Å². The highest BCUT2D eigenvalue weighted by Crippen LogP contribution is 2.32. The number of aromatic nitrogens is 2. The largest absolute Gasteiger partial charge is 0.416 e. The van der Waals surface area contributed by atoms with E-state index in [-0.39, 0.29) is 35.8 Å². The zero-order chi connectivity index (χ0) is 24.1. The van der Waals surface area contributed by atoms with Crippen LogP contribution in [0.1, 0.15) is 18.4 Å². The van der Waals surface area contributed by atoms with E-state index in [4.69, 9.17) is 9.47 Å². The Bertz CT molecular complexity index is 1010. The number of nitrogens with one attached hydrogen (secondary N) is 2. The zero-order valence-corrected chi connectivity index (χ0v) is 18.7. The van der Waals surface area contributed by atoms with Crippen LogP contribution in [0.2, 0.25) is 0 Å². The maximum absolute atomic E-state index is 13.1. The summed E-state index contributed by atoms with van der Waals surface area (Å²) >= 11 is 0. The monoisotopic (exact) mass is 479 g/mol. The van der Waals surface area contributed by atoms with E-state index in [9.17, 15) is 18.0 Å². The van der Waals surface area contributed by atoms with Gasteiger partial charge in [0, 0.05) is 37.7 Å². The molecule has 1 aromatic heterocycles. The number of nitrogens with zero attached hydrogens (tertiary/aromatic N) is 3. The van der Waals surface area contributed by atoms with Crippen molar-refractivity contribution in [2.24, 2.45) is 0 Å². The Kier molecular flexibility index (Phi) is 7.64. The summed E-state index contributed by atoms with van der Waals surface area (Å²) in [6.07, 6.45) is 0.135. The van der Waals surface area contributed by atoms with Crippen molar-refractivity contribution in [1.82, 2.24) is 20.2 Å². The number of benzene rings is 1. The molecule has 1 unspecified atom stereocenters. The van der Waals surface area contributed by atoms with Gasteiger partial charge >= 0.3 is 6.18 Å². The molecule has 1 aromatic carbocycles. The predicted molar refractivity (Wildman–Crippen MR) is 120 cm³/mol. The van der Waals surface area contributed by atoms with Crippen molar-refractivity contribution in [3.63, 3.8) is 0 Å². The van der Waals surface area contributed by atoms with Gasteiger partial charge in [-0.05, 0) is 31.0 Å². The van der Waals surface area contributed by atoms with Crippen molar-refractivity contribution in [1.29, 1.82) is 0 Å². The first-order chi connectivity index (χ1) is 16.3. The molecule has 2 saturated heterocycles. The molecule has 4 rings (SSSR count). The second kappa shape index (κ2) is 10.7. The highest BCUT2D eigenvalue weighted by atomic mass is 19.4. The van der Waals surface area contributed by atoms with Gasteiger partial charge in [0.15, 0.2) is 0 Å². The molecule has 0 bridgehead atoms. The van der Waals surface area contributed by atoms with Crippen LogP contribution in [0.25, 0.3) is 10.9 Å². The average molecular weight is 480 g/mol. The number of anilines is 1. The van der Waals surface area contributed by atoms with E-state index in [1.807, 2.05) is 0 Å². The first-order valence-corrected chi connectivity index (χ1v) is 11.2. The summed E-state index contributed by atoms with van der Waals surface area (Å²) in [5.74, 6) is -0.134. The van der Waals surface area contributed by atoms with Crippen LogP contribution in [-0.2, 0) is 20.4 Å². The number of ether oxygens (including phenoxy) is 2. The molecule has 1 amide bonds. The van der Waals surface area contributed by atoms with Crippen LogP contribution < -0.4 is 10.6 Å². The van der Waals surface area contributed by atoms with Crippen LogP contribution in [-0.4, -0.2) is 78.4 Å². The molecule has 11 heteroatoms. The number of hydrogen-bond donors (Lipinski definition) is 2. The van der Waals surface area contributed by atoms with E-state index in [1.165, 1.54) is 12.4 Å². The fourth-order valence-electron chi connectivity index (χ4n) is 4.45. The van der Waals surface area contributed by atoms with Crippen LogP contribution in [0, 0.1) is 0 Å². The third kappa shape index (κ3) is 5.83. The van der Waals surface area contributed by atoms with Crippen molar-refractivity contribution < 1.29 is 27.4 Å². The van der Waals surface area contributed by atoms with E-state index in [0.717, 1.165) is 38.2 Å². The number of halogens is 3. The van der Waals surface area contributed by atoms with Gasteiger partial charge in [0.2, 0.25) is 5.91 Å². The molecule has 2 aliphatic rings. The highest BCUT2D eigenvalue weighted by Gasteiger charge is 2.38. The summed E-state index contributed by atoms with van der Waals surface area (Å²) in [6.45, 7) is 6.73. The molecule has 0 spiro atoms. The summed E-state index contributed by atoms with van der Waals surface area (Å²) < 4.78 is 50.7. The minimum Gasteiger partial charge on any atom is -0.381 e. The van der Waals surface area contributed by atoms with Crippen molar-refractivity contribution in [3.8, 4) is 0 Å². The summed E-state index contributed by atoms with van der Waals surface area (Å²) in [7, 11) is 0. The Morgan fingerprint density at radius 2 is 2.06 bits per heavy atom. The molecule has 2 N–H and O–H groups in total. The molecule has 2 aliphatic heterocycles.